The van der Waals surface area contributed by atoms with Gasteiger partial charge in [-0.25, -0.2) is 0 Å². The molecule has 0 saturated carbocycles. The predicted octanol–water partition coefficient (Wildman–Crippen LogP) is 6.72. The predicted molar refractivity (Wildman–Crippen MR) is 148 cm³/mol. The average molecular weight is 597 g/mol. The van der Waals surface area contributed by atoms with Crippen molar-refractivity contribution >= 4 is 24.8 Å². The fourth-order valence-electron chi connectivity index (χ4n) is 6.40. The molecule has 0 spiro atoms. The summed E-state index contributed by atoms with van der Waals surface area (Å²) in [7, 11) is 0. The van der Waals surface area contributed by atoms with E-state index < -0.39 is 5.41 Å². The molecule has 2 aliphatic rings. The molecule has 0 unspecified atom stereocenters. The number of hydrogen-bond donors (Lipinski definition) is 2. The molecule has 2 nitrogen and oxygen atoms in total. The van der Waals surface area contributed by atoms with Gasteiger partial charge in [-0.1, -0.05) is 84.9 Å². The molecule has 0 radical (unpaired) electrons. The van der Waals surface area contributed by atoms with Crippen molar-refractivity contribution in [2.75, 3.05) is 13.2 Å². The topological polar surface area (TPSA) is 40.5 Å². The van der Waals surface area contributed by atoms with Crippen molar-refractivity contribution in [3.05, 3.63) is 118 Å². The maximum Gasteiger partial charge on any atom is 0.0442 e. The van der Waals surface area contributed by atoms with E-state index in [0.717, 1.165) is 12.8 Å². The molecular weight excluding hydrogens is 566 g/mol. The Hall–Kier alpha value is -1.74. The summed E-state index contributed by atoms with van der Waals surface area (Å²) in [5.74, 6) is 0. The number of hydrogen-bond acceptors (Lipinski definition) is 2. The van der Waals surface area contributed by atoms with Gasteiger partial charge in [0.1, 0.15) is 0 Å². The van der Waals surface area contributed by atoms with Crippen molar-refractivity contribution in [1.82, 2.24) is 0 Å². The second-order valence-electron chi connectivity index (χ2n) is 9.36. The molecule has 2 N–H and O–H groups in total. The molecule has 0 aliphatic heterocycles. The summed E-state index contributed by atoms with van der Waals surface area (Å²) >= 11 is 0. The minimum Gasteiger partial charge on any atom is -0.396 e. The van der Waals surface area contributed by atoms with Gasteiger partial charge in [-0.2, -0.15) is 0 Å². The number of aliphatic hydroxyl groups is 2. The summed E-state index contributed by atoms with van der Waals surface area (Å²) in [5, 5.41) is 20.6. The third kappa shape index (κ3) is 4.44. The Morgan fingerprint density at radius 1 is 0.528 bits per heavy atom. The van der Waals surface area contributed by atoms with Crippen molar-refractivity contribution in [3.8, 4) is 22.3 Å². The van der Waals surface area contributed by atoms with Crippen LogP contribution in [0.5, 0.6) is 0 Å². The summed E-state index contributed by atoms with van der Waals surface area (Å²) in [6, 6.07) is 30.5. The van der Waals surface area contributed by atoms with Crippen LogP contribution in [0, 0.1) is 0 Å². The zero-order chi connectivity index (χ0) is 22.4. The van der Waals surface area contributed by atoms with Crippen LogP contribution in [0.15, 0.2) is 84.9 Å². The number of halogens is 2. The number of benzene rings is 4. The molecule has 0 bridgehead atoms. The van der Waals surface area contributed by atoms with E-state index in [9.17, 15) is 10.2 Å². The summed E-state index contributed by atoms with van der Waals surface area (Å²) in [4.78, 5) is 0. The van der Waals surface area contributed by atoms with Crippen LogP contribution in [0.25, 0.3) is 22.3 Å². The average Bonchev–Trinajstić information content (AvgIpc) is 3.42. The summed E-state index contributed by atoms with van der Waals surface area (Å²) in [6.45, 7) is 0.153. The van der Waals surface area contributed by atoms with Crippen LogP contribution in [0.2, 0.25) is 0 Å². The zero-order valence-electron chi connectivity index (χ0n) is 20.0. The largest absolute Gasteiger partial charge is 0.396 e. The van der Waals surface area contributed by atoms with Gasteiger partial charge in [-0.15, -0.1) is 24.8 Å². The first-order chi connectivity index (χ1) is 16.3. The Morgan fingerprint density at radius 3 is 1.33 bits per heavy atom. The second kappa shape index (κ2) is 11.8. The molecule has 0 atom stereocenters. The quantitative estimate of drug-likeness (QED) is 0.224. The summed E-state index contributed by atoms with van der Waals surface area (Å²) < 4.78 is 0. The third-order valence-corrected chi connectivity index (χ3v) is 7.81. The smallest absolute Gasteiger partial charge is 0.0442 e. The molecule has 2 aliphatic carbocycles. The molecular formula is C31H30Cl2O2Zr. The number of rotatable bonds is 6. The van der Waals surface area contributed by atoms with Crippen LogP contribution < -0.4 is 0 Å². The van der Waals surface area contributed by atoms with E-state index >= 15 is 0 Å². The van der Waals surface area contributed by atoms with Crippen LogP contribution in [-0.4, -0.2) is 23.4 Å². The Bertz CT molecular complexity index is 1260. The fraction of sp³-hybridized carbons (Fsp3) is 0.226. The van der Waals surface area contributed by atoms with Crippen molar-refractivity contribution in [2.45, 2.75) is 31.1 Å². The van der Waals surface area contributed by atoms with Crippen LogP contribution >= 0.6 is 24.8 Å². The van der Waals surface area contributed by atoms with E-state index in [1.165, 1.54) is 55.6 Å². The number of fused-ring (bicyclic) bond motifs is 6. The van der Waals surface area contributed by atoms with Crippen molar-refractivity contribution in [3.63, 3.8) is 0 Å². The minimum absolute atomic E-state index is 0. The van der Waals surface area contributed by atoms with Gasteiger partial charge in [0.15, 0.2) is 0 Å². The second-order valence-corrected chi connectivity index (χ2v) is 9.36. The standard InChI is InChI=1S/C31H28O2.2ClH.Zr/c32-17-15-31(16-18-33,29-13-5-11-25-23-9-3-1-7-21(23)19-27(25)29)30-14-6-12-26-24-10-4-2-8-22(24)20-28(26)30;;;/h1-14,32-33H,15-20H2;2*1H;. The van der Waals surface area contributed by atoms with Crippen molar-refractivity contribution in [2.24, 2.45) is 0 Å². The molecule has 184 valence electrons. The van der Waals surface area contributed by atoms with Gasteiger partial charge in [0.2, 0.25) is 0 Å². The fourth-order valence-corrected chi connectivity index (χ4v) is 6.40. The van der Waals surface area contributed by atoms with E-state index in [-0.39, 0.29) is 64.2 Å². The Balaban J connectivity index is 0.00000120. The monoisotopic (exact) mass is 594 g/mol. The zero-order valence-corrected chi connectivity index (χ0v) is 24.1. The maximum absolute atomic E-state index is 10.3. The van der Waals surface area contributed by atoms with Gasteiger partial charge < -0.3 is 10.2 Å². The van der Waals surface area contributed by atoms with E-state index in [2.05, 4.69) is 84.9 Å². The molecule has 0 amide bonds. The first-order valence-corrected chi connectivity index (χ1v) is 11.9. The van der Waals surface area contributed by atoms with Crippen LogP contribution in [0.4, 0.5) is 0 Å². The molecule has 4 aromatic carbocycles. The molecule has 36 heavy (non-hydrogen) atoms. The normalized spacial score (nSPS) is 12.3. The van der Waals surface area contributed by atoms with E-state index in [4.69, 9.17) is 0 Å². The molecule has 0 heterocycles. The molecule has 4 aromatic rings. The van der Waals surface area contributed by atoms with Crippen LogP contribution in [-0.2, 0) is 44.5 Å². The first-order valence-electron chi connectivity index (χ1n) is 11.9. The maximum atomic E-state index is 10.3. The number of aliphatic hydroxyl groups excluding tert-OH is 2. The van der Waals surface area contributed by atoms with Crippen LogP contribution in [0.3, 0.4) is 0 Å². The third-order valence-electron chi connectivity index (χ3n) is 7.81. The summed E-state index contributed by atoms with van der Waals surface area (Å²) in [6.07, 6.45) is 2.98. The van der Waals surface area contributed by atoms with E-state index in [0.29, 0.717) is 12.8 Å². The summed E-state index contributed by atoms with van der Waals surface area (Å²) in [5.41, 5.74) is 12.7. The Kier molecular flexibility index (Phi) is 9.42. The SMILES string of the molecule is Cl.Cl.OCCC(CCO)(c1cccc2c1Cc1ccccc1-2)c1cccc2c1Cc1ccccc1-2.[Zr]. The van der Waals surface area contributed by atoms with Gasteiger partial charge >= 0.3 is 0 Å². The van der Waals surface area contributed by atoms with Crippen LogP contribution in [0.1, 0.15) is 46.2 Å². The molecule has 5 heteroatoms. The minimum atomic E-state index is -0.440. The van der Waals surface area contributed by atoms with Gasteiger partial charge in [-0.05, 0) is 81.3 Å². The molecule has 0 aromatic heterocycles. The first kappa shape index (κ1) is 28.8. The molecule has 6 rings (SSSR count). The van der Waals surface area contributed by atoms with Gasteiger partial charge in [0.05, 0.1) is 0 Å². The Labute approximate surface area is 244 Å². The van der Waals surface area contributed by atoms with E-state index in [1.807, 2.05) is 0 Å². The molecule has 0 fully saturated rings. The van der Waals surface area contributed by atoms with Gasteiger partial charge in [0, 0.05) is 44.8 Å². The van der Waals surface area contributed by atoms with Crippen molar-refractivity contribution in [1.29, 1.82) is 0 Å². The molecule has 0 saturated heterocycles. The van der Waals surface area contributed by atoms with Crippen molar-refractivity contribution < 1.29 is 36.4 Å². The van der Waals surface area contributed by atoms with Gasteiger partial charge in [-0.3, -0.25) is 0 Å². The van der Waals surface area contributed by atoms with E-state index in [1.54, 1.807) is 0 Å². The van der Waals surface area contributed by atoms with Gasteiger partial charge in [0.25, 0.3) is 0 Å². The Morgan fingerprint density at radius 2 is 0.917 bits per heavy atom.